The molecule has 26 heavy (non-hydrogen) atoms. The molecule has 2 heterocycles. The van der Waals surface area contributed by atoms with E-state index in [1.165, 1.54) is 16.8 Å². The van der Waals surface area contributed by atoms with Gasteiger partial charge in [0.05, 0.1) is 28.7 Å². The Morgan fingerprint density at radius 1 is 1.31 bits per heavy atom. The van der Waals surface area contributed by atoms with Gasteiger partial charge in [-0.15, -0.1) is 0 Å². The molecule has 0 bridgehead atoms. The van der Waals surface area contributed by atoms with Crippen LogP contribution in [0.4, 0.5) is 8.78 Å². The first-order chi connectivity index (χ1) is 12.1. The summed E-state index contributed by atoms with van der Waals surface area (Å²) in [5.41, 5.74) is 1.15. The van der Waals surface area contributed by atoms with Crippen molar-refractivity contribution in [2.75, 3.05) is 13.1 Å². The fourth-order valence-electron chi connectivity index (χ4n) is 3.61. The number of carbonyl (C=O) groups excluding carboxylic acids is 1. The maximum absolute atomic E-state index is 14.2. The lowest BCUT2D eigenvalue weighted by Gasteiger charge is -2.41. The number of aromatic nitrogens is 2. The number of amides is 1. The average Bonchev–Trinajstić information content (AvgIpc) is 2.79. The molecule has 0 N–H and O–H groups in total. The van der Waals surface area contributed by atoms with Crippen molar-refractivity contribution < 1.29 is 18.3 Å². The van der Waals surface area contributed by atoms with Gasteiger partial charge in [0.15, 0.2) is 5.82 Å². The van der Waals surface area contributed by atoms with Gasteiger partial charge in [0.1, 0.15) is 11.5 Å². The third-order valence-corrected chi connectivity index (χ3v) is 4.50. The van der Waals surface area contributed by atoms with Crippen LogP contribution in [0, 0.1) is 25.5 Å². The van der Waals surface area contributed by atoms with Gasteiger partial charge in [-0.2, -0.15) is 5.10 Å². The van der Waals surface area contributed by atoms with Crippen LogP contribution in [0.25, 0.3) is 5.69 Å². The normalized spacial score (nSPS) is 19.7. The smallest absolute Gasteiger partial charge is 0.257 e. The predicted octanol–water partition coefficient (Wildman–Crippen LogP) is 3.41. The van der Waals surface area contributed by atoms with Crippen molar-refractivity contribution in [3.05, 3.63) is 46.8 Å². The monoisotopic (exact) mass is 363 g/mol. The molecule has 1 aromatic heterocycles. The zero-order valence-electron chi connectivity index (χ0n) is 15.6. The molecule has 1 aromatic carbocycles. The van der Waals surface area contributed by atoms with Gasteiger partial charge < -0.3 is 9.64 Å². The predicted molar refractivity (Wildman–Crippen MR) is 93.5 cm³/mol. The summed E-state index contributed by atoms with van der Waals surface area (Å²) in [7, 11) is 0. The Kier molecular flexibility index (Phi) is 4.60. The van der Waals surface area contributed by atoms with Crippen molar-refractivity contribution in [1.82, 2.24) is 14.7 Å². The Bertz CT molecular complexity index is 861. The molecule has 1 saturated heterocycles. The van der Waals surface area contributed by atoms with E-state index >= 15 is 0 Å². The molecule has 0 spiro atoms. The molecule has 3 rings (SSSR count). The molecular weight excluding hydrogens is 340 g/mol. The molecule has 5 nitrogen and oxygen atoms in total. The van der Waals surface area contributed by atoms with Crippen molar-refractivity contribution >= 4 is 5.91 Å². The van der Waals surface area contributed by atoms with Gasteiger partial charge in [0.25, 0.3) is 5.91 Å². The van der Waals surface area contributed by atoms with Gasteiger partial charge in [0.2, 0.25) is 0 Å². The molecule has 1 aliphatic heterocycles. The van der Waals surface area contributed by atoms with Crippen LogP contribution in [0.5, 0.6) is 0 Å². The van der Waals surface area contributed by atoms with E-state index in [1.807, 2.05) is 20.8 Å². The van der Waals surface area contributed by atoms with Crippen molar-refractivity contribution in [3.63, 3.8) is 0 Å². The second-order valence-electron chi connectivity index (χ2n) is 7.43. The second kappa shape index (κ2) is 6.46. The molecule has 1 fully saturated rings. The van der Waals surface area contributed by atoms with Crippen LogP contribution in [0.1, 0.15) is 42.5 Å². The summed E-state index contributed by atoms with van der Waals surface area (Å²) in [5, 5.41) is 4.32. The Hall–Kier alpha value is -2.28. The van der Waals surface area contributed by atoms with Crippen molar-refractivity contribution in [2.24, 2.45) is 0 Å². The van der Waals surface area contributed by atoms with Gasteiger partial charge in [0, 0.05) is 19.2 Å². The van der Waals surface area contributed by atoms with Gasteiger partial charge in [-0.3, -0.25) is 4.79 Å². The molecule has 0 unspecified atom stereocenters. The highest BCUT2D eigenvalue weighted by Crippen LogP contribution is 2.26. The Balaban J connectivity index is 1.99. The van der Waals surface area contributed by atoms with Gasteiger partial charge in [-0.1, -0.05) is 0 Å². The quantitative estimate of drug-likeness (QED) is 0.822. The number of aryl methyl sites for hydroxylation is 1. The highest BCUT2D eigenvalue weighted by atomic mass is 19.1. The first-order valence-corrected chi connectivity index (χ1v) is 8.58. The Labute approximate surface area is 151 Å². The SMILES string of the molecule is Cc1nn(-c2ccc(F)cc2F)c(C)c1C(=O)N1C[C@H](C)OC(C)(C)C1. The largest absolute Gasteiger partial charge is 0.369 e. The van der Waals surface area contributed by atoms with E-state index in [4.69, 9.17) is 4.74 Å². The Morgan fingerprint density at radius 3 is 2.62 bits per heavy atom. The first kappa shape index (κ1) is 18.5. The van der Waals surface area contributed by atoms with E-state index in [2.05, 4.69) is 5.10 Å². The fourth-order valence-corrected chi connectivity index (χ4v) is 3.61. The summed E-state index contributed by atoms with van der Waals surface area (Å²) >= 11 is 0. The topological polar surface area (TPSA) is 47.4 Å². The number of hydrogen-bond acceptors (Lipinski definition) is 3. The molecule has 0 radical (unpaired) electrons. The molecule has 1 aliphatic rings. The van der Waals surface area contributed by atoms with Crippen molar-refractivity contribution in [1.29, 1.82) is 0 Å². The summed E-state index contributed by atoms with van der Waals surface area (Å²) in [4.78, 5) is 14.9. The lowest BCUT2D eigenvalue weighted by Crippen LogP contribution is -2.53. The van der Waals surface area contributed by atoms with Crippen LogP contribution in [-0.2, 0) is 4.74 Å². The fraction of sp³-hybridized carbons (Fsp3) is 0.474. The van der Waals surface area contributed by atoms with E-state index in [1.54, 1.807) is 18.7 Å². The van der Waals surface area contributed by atoms with Gasteiger partial charge in [-0.05, 0) is 46.8 Å². The van der Waals surface area contributed by atoms with Crippen molar-refractivity contribution in [2.45, 2.75) is 46.3 Å². The molecule has 0 saturated carbocycles. The molecule has 140 valence electrons. The molecule has 1 amide bonds. The van der Waals surface area contributed by atoms with E-state index in [0.717, 1.165) is 6.07 Å². The number of hydrogen-bond donors (Lipinski definition) is 0. The number of rotatable bonds is 2. The van der Waals surface area contributed by atoms with Crippen LogP contribution >= 0.6 is 0 Å². The van der Waals surface area contributed by atoms with Gasteiger partial charge in [-0.25, -0.2) is 13.5 Å². The number of halogens is 2. The summed E-state index contributed by atoms with van der Waals surface area (Å²) in [5.74, 6) is -1.54. The zero-order valence-corrected chi connectivity index (χ0v) is 15.6. The van der Waals surface area contributed by atoms with Crippen molar-refractivity contribution in [3.8, 4) is 5.69 Å². The van der Waals surface area contributed by atoms with E-state index in [9.17, 15) is 13.6 Å². The third kappa shape index (κ3) is 3.35. The number of benzene rings is 1. The summed E-state index contributed by atoms with van der Waals surface area (Å²) in [6.07, 6.45) is -0.0760. The maximum Gasteiger partial charge on any atom is 0.257 e. The maximum atomic E-state index is 14.2. The average molecular weight is 363 g/mol. The van der Waals surface area contributed by atoms with Crippen LogP contribution < -0.4 is 0 Å². The number of morpholine rings is 1. The molecule has 2 aromatic rings. The number of nitrogens with zero attached hydrogens (tertiary/aromatic N) is 3. The lowest BCUT2D eigenvalue weighted by molar-refractivity contribution is -0.118. The lowest BCUT2D eigenvalue weighted by atomic mass is 10.0. The van der Waals surface area contributed by atoms with Crippen LogP contribution in [0.2, 0.25) is 0 Å². The van der Waals surface area contributed by atoms with Crippen LogP contribution in [0.3, 0.4) is 0 Å². The van der Waals surface area contributed by atoms with E-state index in [0.29, 0.717) is 30.0 Å². The minimum Gasteiger partial charge on any atom is -0.369 e. The summed E-state index contributed by atoms with van der Waals surface area (Å²) in [6, 6.07) is 3.29. The Morgan fingerprint density at radius 2 is 2.00 bits per heavy atom. The second-order valence-corrected chi connectivity index (χ2v) is 7.43. The van der Waals surface area contributed by atoms with Crippen LogP contribution in [-0.4, -0.2) is 45.4 Å². The molecule has 1 atom stereocenters. The molecular formula is C19H23F2N3O2. The zero-order chi connectivity index (χ0) is 19.2. The minimum absolute atomic E-state index is 0.0760. The van der Waals surface area contributed by atoms with E-state index in [-0.39, 0.29) is 17.7 Å². The number of carbonyl (C=O) groups is 1. The minimum atomic E-state index is -0.726. The first-order valence-electron chi connectivity index (χ1n) is 8.58. The van der Waals surface area contributed by atoms with Gasteiger partial charge >= 0.3 is 0 Å². The highest BCUT2D eigenvalue weighted by Gasteiger charge is 2.35. The van der Waals surface area contributed by atoms with Crippen LogP contribution in [0.15, 0.2) is 18.2 Å². The van der Waals surface area contributed by atoms with E-state index < -0.39 is 17.2 Å². The summed E-state index contributed by atoms with van der Waals surface area (Å²) < 4.78 is 34.5. The number of ether oxygens (including phenoxy) is 1. The summed E-state index contributed by atoms with van der Waals surface area (Å²) in [6.45, 7) is 10.2. The molecule has 0 aliphatic carbocycles. The highest BCUT2D eigenvalue weighted by molar-refractivity contribution is 5.96. The standard InChI is InChI=1S/C19H23F2N3O2/c1-11-9-23(10-19(4,5)26-11)18(25)17-12(2)22-24(13(17)3)16-7-6-14(20)8-15(16)21/h6-8,11H,9-10H2,1-5H3/t11-/m0/s1. The molecule has 7 heteroatoms. The third-order valence-electron chi connectivity index (χ3n) is 4.50.